The molecular weight excluding hydrogens is 374 g/mol. The molecule has 2 aromatic heterocycles. The smallest absolute Gasteiger partial charge is 0.312 e. The molecule has 0 fully saturated rings. The summed E-state index contributed by atoms with van der Waals surface area (Å²) in [5, 5.41) is 5.39. The van der Waals surface area contributed by atoms with Gasteiger partial charge in [0.25, 0.3) is 5.91 Å². The van der Waals surface area contributed by atoms with Crippen LogP contribution in [-0.2, 0) is 33.6 Å². The number of aryl methyl sites for hydroxylation is 2. The Kier molecular flexibility index (Phi) is 5.43. The molecule has 0 saturated heterocycles. The highest BCUT2D eigenvalue weighted by Gasteiger charge is 2.14. The molecule has 28 heavy (non-hydrogen) atoms. The van der Waals surface area contributed by atoms with Crippen LogP contribution in [-0.4, -0.2) is 28.5 Å². The molecule has 0 saturated carbocycles. The van der Waals surface area contributed by atoms with Crippen LogP contribution < -0.4 is 5.32 Å². The monoisotopic (exact) mass is 393 g/mol. The van der Waals surface area contributed by atoms with Crippen molar-refractivity contribution in [1.82, 2.24) is 9.97 Å². The molecule has 1 aliphatic carbocycles. The Morgan fingerprint density at radius 1 is 1.18 bits per heavy atom. The summed E-state index contributed by atoms with van der Waals surface area (Å²) >= 11 is 1.44. The van der Waals surface area contributed by atoms with Crippen molar-refractivity contribution in [3.05, 3.63) is 64.9 Å². The molecular formula is C21H19N3O3S. The number of esters is 1. The number of nitrogens with one attached hydrogen (secondary N) is 1. The fourth-order valence-electron chi connectivity index (χ4n) is 3.20. The Hall–Kier alpha value is -3.06. The molecule has 0 bridgehead atoms. The van der Waals surface area contributed by atoms with Crippen LogP contribution in [0.1, 0.15) is 23.2 Å². The second kappa shape index (κ2) is 8.31. The van der Waals surface area contributed by atoms with Gasteiger partial charge in [0.2, 0.25) is 0 Å². The minimum atomic E-state index is -0.479. The highest BCUT2D eigenvalue weighted by atomic mass is 32.1. The van der Waals surface area contributed by atoms with E-state index in [4.69, 9.17) is 4.74 Å². The van der Waals surface area contributed by atoms with Crippen molar-refractivity contribution in [3.63, 3.8) is 0 Å². The first-order valence-corrected chi connectivity index (χ1v) is 9.97. The van der Waals surface area contributed by atoms with Gasteiger partial charge in [-0.25, -0.2) is 4.98 Å². The quantitative estimate of drug-likeness (QED) is 0.649. The van der Waals surface area contributed by atoms with E-state index < -0.39 is 5.97 Å². The number of rotatable bonds is 6. The number of fused-ring (bicyclic) bond motifs is 1. The fraction of sp³-hybridized carbons (Fsp3) is 0.238. The number of aromatic nitrogens is 2. The van der Waals surface area contributed by atoms with Gasteiger partial charge in [-0.3, -0.25) is 14.6 Å². The number of anilines is 1. The zero-order valence-corrected chi connectivity index (χ0v) is 16.0. The van der Waals surface area contributed by atoms with Gasteiger partial charge in [0.15, 0.2) is 6.61 Å². The Morgan fingerprint density at radius 2 is 2.07 bits per heavy atom. The summed E-state index contributed by atoms with van der Waals surface area (Å²) in [7, 11) is 0. The molecule has 142 valence electrons. The molecule has 4 rings (SSSR count). The number of pyridine rings is 1. The van der Waals surface area contributed by atoms with Crippen molar-refractivity contribution in [1.29, 1.82) is 0 Å². The Labute approximate surface area is 166 Å². The van der Waals surface area contributed by atoms with Crippen LogP contribution >= 0.6 is 11.3 Å². The molecule has 3 aromatic rings. The average Bonchev–Trinajstić information content (AvgIpc) is 3.36. The number of amides is 1. The van der Waals surface area contributed by atoms with Gasteiger partial charge in [0, 0.05) is 29.0 Å². The summed E-state index contributed by atoms with van der Waals surface area (Å²) in [6.45, 7) is -0.310. The Balaban J connectivity index is 1.26. The number of nitrogens with zero attached hydrogens (tertiary/aromatic N) is 2. The third kappa shape index (κ3) is 4.43. The summed E-state index contributed by atoms with van der Waals surface area (Å²) in [6, 6.07) is 9.68. The van der Waals surface area contributed by atoms with Crippen LogP contribution in [0.5, 0.6) is 0 Å². The Morgan fingerprint density at radius 3 is 2.93 bits per heavy atom. The third-order valence-corrected chi connectivity index (χ3v) is 5.47. The molecule has 0 spiro atoms. The molecule has 0 radical (unpaired) electrons. The van der Waals surface area contributed by atoms with Gasteiger partial charge in [-0.15, -0.1) is 11.3 Å². The van der Waals surface area contributed by atoms with E-state index >= 15 is 0 Å². The maximum atomic E-state index is 12.0. The van der Waals surface area contributed by atoms with Gasteiger partial charge in [0.05, 0.1) is 12.1 Å². The number of thiazole rings is 1. The second-order valence-corrected chi connectivity index (χ2v) is 7.47. The SMILES string of the molecule is O=C(COC(=O)Cc1csc(-c2cccnc2)n1)Nc1ccc2c(c1)CCC2. The summed E-state index contributed by atoms with van der Waals surface area (Å²) < 4.78 is 5.09. The molecule has 1 N–H and O–H groups in total. The molecule has 7 heteroatoms. The number of hydrogen-bond donors (Lipinski definition) is 1. The lowest BCUT2D eigenvalue weighted by Crippen LogP contribution is -2.21. The highest BCUT2D eigenvalue weighted by Crippen LogP contribution is 2.25. The van der Waals surface area contributed by atoms with Gasteiger partial charge in [-0.2, -0.15) is 0 Å². The lowest BCUT2D eigenvalue weighted by Gasteiger charge is -2.08. The molecule has 1 aromatic carbocycles. The van der Waals surface area contributed by atoms with E-state index in [-0.39, 0.29) is 18.9 Å². The van der Waals surface area contributed by atoms with Crippen molar-refractivity contribution < 1.29 is 14.3 Å². The van der Waals surface area contributed by atoms with Crippen molar-refractivity contribution >= 4 is 28.9 Å². The molecule has 1 amide bonds. The van der Waals surface area contributed by atoms with Crippen molar-refractivity contribution in [2.24, 2.45) is 0 Å². The predicted octanol–water partition coefficient (Wildman–Crippen LogP) is 3.42. The molecule has 0 atom stereocenters. The Bertz CT molecular complexity index is 1000. The number of benzene rings is 1. The van der Waals surface area contributed by atoms with Gasteiger partial charge < -0.3 is 10.1 Å². The van der Waals surface area contributed by atoms with Crippen LogP contribution in [0.15, 0.2) is 48.1 Å². The maximum absolute atomic E-state index is 12.0. The van der Waals surface area contributed by atoms with Gasteiger partial charge >= 0.3 is 5.97 Å². The normalized spacial score (nSPS) is 12.4. The number of hydrogen-bond acceptors (Lipinski definition) is 6. The van der Waals surface area contributed by atoms with Gasteiger partial charge in [-0.1, -0.05) is 6.07 Å². The zero-order chi connectivity index (χ0) is 19.3. The van der Waals surface area contributed by atoms with Crippen LogP contribution in [0.3, 0.4) is 0 Å². The number of carbonyl (C=O) groups is 2. The number of ether oxygens (including phenoxy) is 1. The summed E-state index contributed by atoms with van der Waals surface area (Å²) in [5.41, 5.74) is 4.89. The molecule has 2 heterocycles. The predicted molar refractivity (Wildman–Crippen MR) is 107 cm³/mol. The summed E-state index contributed by atoms with van der Waals surface area (Å²) in [4.78, 5) is 32.6. The second-order valence-electron chi connectivity index (χ2n) is 6.61. The van der Waals surface area contributed by atoms with E-state index in [0.717, 1.165) is 35.5 Å². The van der Waals surface area contributed by atoms with Crippen LogP contribution in [0.25, 0.3) is 10.6 Å². The highest BCUT2D eigenvalue weighted by molar-refractivity contribution is 7.13. The van der Waals surface area contributed by atoms with Crippen LogP contribution in [0.4, 0.5) is 5.69 Å². The standard InChI is InChI=1S/C21H19N3O3S/c25-19(23-17-7-6-14-3-1-4-15(14)9-17)12-27-20(26)10-18-13-28-21(24-18)16-5-2-8-22-11-16/h2,5-9,11,13H,1,3-4,10,12H2,(H,23,25). The first-order valence-electron chi connectivity index (χ1n) is 9.09. The van der Waals surface area contributed by atoms with Crippen LogP contribution in [0, 0.1) is 0 Å². The molecule has 6 nitrogen and oxygen atoms in total. The van der Waals surface area contributed by atoms with E-state index in [2.05, 4.69) is 15.3 Å². The fourth-order valence-corrected chi connectivity index (χ4v) is 4.01. The maximum Gasteiger partial charge on any atom is 0.312 e. The number of carbonyl (C=O) groups excluding carboxylic acids is 2. The minimum absolute atomic E-state index is 0.0306. The summed E-state index contributed by atoms with van der Waals surface area (Å²) in [6.07, 6.45) is 6.75. The van der Waals surface area contributed by atoms with Gasteiger partial charge in [-0.05, 0) is 54.7 Å². The van der Waals surface area contributed by atoms with Crippen molar-refractivity contribution in [2.45, 2.75) is 25.7 Å². The zero-order valence-electron chi connectivity index (χ0n) is 15.2. The molecule has 0 unspecified atom stereocenters. The lowest BCUT2D eigenvalue weighted by molar-refractivity contribution is -0.146. The van der Waals surface area contributed by atoms with E-state index in [9.17, 15) is 9.59 Å². The van der Waals surface area contributed by atoms with E-state index in [1.165, 1.54) is 22.5 Å². The van der Waals surface area contributed by atoms with E-state index in [0.29, 0.717) is 5.69 Å². The first kappa shape index (κ1) is 18.3. The molecule has 0 aliphatic heterocycles. The van der Waals surface area contributed by atoms with Crippen molar-refractivity contribution in [2.75, 3.05) is 11.9 Å². The van der Waals surface area contributed by atoms with E-state index in [1.54, 1.807) is 12.4 Å². The summed E-state index contributed by atoms with van der Waals surface area (Å²) in [5.74, 6) is -0.826. The van der Waals surface area contributed by atoms with Crippen molar-refractivity contribution in [3.8, 4) is 10.6 Å². The third-order valence-electron chi connectivity index (χ3n) is 4.53. The first-order chi connectivity index (χ1) is 13.7. The largest absolute Gasteiger partial charge is 0.455 e. The van der Waals surface area contributed by atoms with E-state index in [1.807, 2.05) is 35.7 Å². The molecule has 1 aliphatic rings. The average molecular weight is 393 g/mol. The lowest BCUT2D eigenvalue weighted by atomic mass is 10.1. The van der Waals surface area contributed by atoms with Crippen LogP contribution in [0.2, 0.25) is 0 Å². The van der Waals surface area contributed by atoms with Gasteiger partial charge in [0.1, 0.15) is 5.01 Å². The topological polar surface area (TPSA) is 81.2 Å². The minimum Gasteiger partial charge on any atom is -0.455 e.